The van der Waals surface area contributed by atoms with Crippen LogP contribution >= 0.6 is 11.3 Å². The first-order valence-corrected chi connectivity index (χ1v) is 13.6. The largest absolute Gasteiger partial charge is 0.391 e. The van der Waals surface area contributed by atoms with E-state index in [2.05, 4.69) is 15.6 Å². The maximum atomic E-state index is 13.6. The summed E-state index contributed by atoms with van der Waals surface area (Å²) in [6, 6.07) is 6.00. The van der Waals surface area contributed by atoms with Gasteiger partial charge in [0.2, 0.25) is 17.7 Å². The lowest BCUT2D eigenvalue weighted by molar-refractivity contribution is -0.144. The van der Waals surface area contributed by atoms with Gasteiger partial charge in [0, 0.05) is 19.4 Å². The standard InChI is InChI=1S/C27H39N5O4S/c1-16(18-8-10-19(11-9-18)23-17(2)29-15-37-23)30-25(35)21-13-20(33)14-32(21)26(36)24(27(3,4)5)31-22(34)7-6-12-28/h8-11,15-16,20-21,24,33H,6-7,12-14,28H2,1-5H3,(H,30,35)(H,31,34)/t16?,20-,21+,24?/m1/s1. The fourth-order valence-electron chi connectivity index (χ4n) is 4.51. The van der Waals surface area contributed by atoms with Gasteiger partial charge in [0.25, 0.3) is 0 Å². The number of nitrogens with zero attached hydrogens (tertiary/aromatic N) is 2. The molecule has 4 atom stereocenters. The molecule has 0 radical (unpaired) electrons. The van der Waals surface area contributed by atoms with E-state index in [1.807, 2.05) is 64.4 Å². The maximum Gasteiger partial charge on any atom is 0.246 e. The zero-order valence-electron chi connectivity index (χ0n) is 22.3. The van der Waals surface area contributed by atoms with Crippen LogP contribution < -0.4 is 16.4 Å². The third-order valence-corrected chi connectivity index (χ3v) is 7.65. The van der Waals surface area contributed by atoms with Crippen molar-refractivity contribution in [2.45, 2.75) is 78.1 Å². The van der Waals surface area contributed by atoms with Crippen molar-refractivity contribution in [3.63, 3.8) is 0 Å². The highest BCUT2D eigenvalue weighted by molar-refractivity contribution is 7.13. The summed E-state index contributed by atoms with van der Waals surface area (Å²) in [7, 11) is 0. The first-order chi connectivity index (χ1) is 17.4. The van der Waals surface area contributed by atoms with Crippen LogP contribution in [0.5, 0.6) is 0 Å². The molecule has 2 unspecified atom stereocenters. The van der Waals surface area contributed by atoms with Crippen LogP contribution in [0.25, 0.3) is 10.4 Å². The van der Waals surface area contributed by atoms with Crippen LogP contribution in [0.2, 0.25) is 0 Å². The van der Waals surface area contributed by atoms with Crippen molar-refractivity contribution in [1.29, 1.82) is 0 Å². The summed E-state index contributed by atoms with van der Waals surface area (Å²) in [6.07, 6.45) is 0.0752. The van der Waals surface area contributed by atoms with Crippen molar-refractivity contribution in [3.05, 3.63) is 41.0 Å². The highest BCUT2D eigenvalue weighted by Gasteiger charge is 2.44. The summed E-state index contributed by atoms with van der Waals surface area (Å²) in [5, 5.41) is 16.2. The third kappa shape index (κ3) is 7.15. The fourth-order valence-corrected chi connectivity index (χ4v) is 5.32. The van der Waals surface area contributed by atoms with Crippen LogP contribution in [0.1, 0.15) is 64.3 Å². The number of hydrogen-bond donors (Lipinski definition) is 4. The smallest absolute Gasteiger partial charge is 0.246 e. The Hall–Kier alpha value is -2.82. The van der Waals surface area contributed by atoms with E-state index in [-0.39, 0.29) is 43.1 Å². The number of nitrogens with two attached hydrogens (primary N) is 1. The number of aryl methyl sites for hydroxylation is 1. The molecule has 0 bridgehead atoms. The Kier molecular flexibility index (Phi) is 9.44. The number of hydrogen-bond acceptors (Lipinski definition) is 7. The lowest BCUT2D eigenvalue weighted by Crippen LogP contribution is -2.57. The normalized spacial score (nSPS) is 19.4. The molecule has 202 valence electrons. The van der Waals surface area contributed by atoms with Crippen LogP contribution in [0.3, 0.4) is 0 Å². The van der Waals surface area contributed by atoms with Crippen molar-refractivity contribution in [1.82, 2.24) is 20.5 Å². The number of β-amino-alcohol motifs (C(OH)–C–C–N with tert-alkyl or cyclic N) is 1. The van der Waals surface area contributed by atoms with E-state index in [4.69, 9.17) is 5.73 Å². The zero-order valence-corrected chi connectivity index (χ0v) is 23.1. The molecule has 0 saturated carbocycles. The van der Waals surface area contributed by atoms with E-state index >= 15 is 0 Å². The summed E-state index contributed by atoms with van der Waals surface area (Å²) in [5.41, 5.74) is 9.71. The third-order valence-electron chi connectivity index (χ3n) is 6.67. The topological polar surface area (TPSA) is 138 Å². The number of carbonyl (C=O) groups excluding carboxylic acids is 3. The molecule has 1 aliphatic heterocycles. The summed E-state index contributed by atoms with van der Waals surface area (Å²) in [6.45, 7) is 9.87. The van der Waals surface area contributed by atoms with Gasteiger partial charge in [-0.3, -0.25) is 14.4 Å². The first kappa shape index (κ1) is 28.7. The second-order valence-corrected chi connectivity index (χ2v) is 11.6. The number of carbonyl (C=O) groups is 3. The molecule has 3 amide bonds. The minimum Gasteiger partial charge on any atom is -0.391 e. The van der Waals surface area contributed by atoms with E-state index in [1.54, 1.807) is 11.3 Å². The Morgan fingerprint density at radius 3 is 2.46 bits per heavy atom. The van der Waals surface area contributed by atoms with E-state index < -0.39 is 23.6 Å². The lowest BCUT2D eigenvalue weighted by atomic mass is 9.85. The quantitative estimate of drug-likeness (QED) is 0.394. The van der Waals surface area contributed by atoms with Gasteiger partial charge < -0.3 is 26.4 Å². The highest BCUT2D eigenvalue weighted by Crippen LogP contribution is 2.29. The number of thiazole rings is 1. The van der Waals surface area contributed by atoms with Crippen molar-refractivity contribution < 1.29 is 19.5 Å². The monoisotopic (exact) mass is 529 g/mol. The van der Waals surface area contributed by atoms with Gasteiger partial charge in [0.05, 0.1) is 28.2 Å². The van der Waals surface area contributed by atoms with E-state index in [0.717, 1.165) is 21.7 Å². The lowest BCUT2D eigenvalue weighted by Gasteiger charge is -2.35. The van der Waals surface area contributed by atoms with Crippen LogP contribution in [-0.4, -0.2) is 64.0 Å². The van der Waals surface area contributed by atoms with Gasteiger partial charge in [-0.15, -0.1) is 11.3 Å². The summed E-state index contributed by atoms with van der Waals surface area (Å²) >= 11 is 1.58. The molecule has 10 heteroatoms. The molecule has 9 nitrogen and oxygen atoms in total. The predicted octanol–water partition coefficient (Wildman–Crippen LogP) is 2.53. The van der Waals surface area contributed by atoms with Crippen molar-refractivity contribution in [3.8, 4) is 10.4 Å². The number of amides is 3. The van der Waals surface area contributed by atoms with Gasteiger partial charge in [-0.1, -0.05) is 45.0 Å². The van der Waals surface area contributed by atoms with Crippen molar-refractivity contribution in [2.24, 2.45) is 11.1 Å². The molecule has 1 fully saturated rings. The number of benzene rings is 1. The Labute approximate surface area is 222 Å². The number of nitrogens with one attached hydrogen (secondary N) is 2. The first-order valence-electron chi connectivity index (χ1n) is 12.7. The van der Waals surface area contributed by atoms with Crippen LogP contribution in [0, 0.1) is 12.3 Å². The maximum absolute atomic E-state index is 13.6. The Bertz CT molecular complexity index is 1090. The molecular formula is C27H39N5O4S. The highest BCUT2D eigenvalue weighted by atomic mass is 32.1. The van der Waals surface area contributed by atoms with Gasteiger partial charge in [-0.05, 0) is 43.4 Å². The molecule has 3 rings (SSSR count). The summed E-state index contributed by atoms with van der Waals surface area (Å²) < 4.78 is 0. The molecule has 5 N–H and O–H groups in total. The molecule has 0 spiro atoms. The van der Waals surface area contributed by atoms with Crippen LogP contribution in [0.15, 0.2) is 29.8 Å². The van der Waals surface area contributed by atoms with E-state index in [0.29, 0.717) is 13.0 Å². The fraction of sp³-hybridized carbons (Fsp3) is 0.556. The summed E-state index contributed by atoms with van der Waals surface area (Å²) in [5.74, 6) is -0.964. The minimum atomic E-state index is -0.835. The number of aromatic nitrogens is 1. The predicted molar refractivity (Wildman–Crippen MR) is 145 cm³/mol. The molecule has 37 heavy (non-hydrogen) atoms. The molecule has 1 aliphatic rings. The van der Waals surface area contributed by atoms with E-state index in [9.17, 15) is 19.5 Å². The van der Waals surface area contributed by atoms with Crippen LogP contribution in [0.4, 0.5) is 0 Å². The van der Waals surface area contributed by atoms with Crippen molar-refractivity contribution in [2.75, 3.05) is 13.1 Å². The number of aliphatic hydroxyl groups is 1. The van der Waals surface area contributed by atoms with Gasteiger partial charge in [0.1, 0.15) is 12.1 Å². The average Bonchev–Trinajstić information content (AvgIpc) is 3.45. The van der Waals surface area contributed by atoms with Gasteiger partial charge in [-0.25, -0.2) is 4.98 Å². The minimum absolute atomic E-state index is 0.0411. The molecule has 2 heterocycles. The second-order valence-electron chi connectivity index (χ2n) is 10.8. The van der Waals surface area contributed by atoms with Gasteiger partial charge in [-0.2, -0.15) is 0 Å². The number of rotatable bonds is 9. The average molecular weight is 530 g/mol. The molecule has 1 aromatic carbocycles. The van der Waals surface area contributed by atoms with E-state index in [1.165, 1.54) is 4.90 Å². The Morgan fingerprint density at radius 2 is 1.89 bits per heavy atom. The second kappa shape index (κ2) is 12.1. The Morgan fingerprint density at radius 1 is 1.22 bits per heavy atom. The van der Waals surface area contributed by atoms with Crippen LogP contribution in [-0.2, 0) is 14.4 Å². The van der Waals surface area contributed by atoms with Gasteiger partial charge in [0.15, 0.2) is 0 Å². The van der Waals surface area contributed by atoms with Gasteiger partial charge >= 0.3 is 0 Å². The SMILES string of the molecule is Cc1ncsc1-c1ccc(C(C)NC(=O)[C@@H]2C[C@@H](O)CN2C(=O)C(NC(=O)CCCN)C(C)(C)C)cc1. The molecule has 0 aliphatic carbocycles. The number of aliphatic hydroxyl groups excluding tert-OH is 1. The molecule has 1 aromatic heterocycles. The molecular weight excluding hydrogens is 490 g/mol. The Balaban J connectivity index is 1.71. The molecule has 2 aromatic rings. The number of likely N-dealkylation sites (tertiary alicyclic amines) is 1. The molecule has 1 saturated heterocycles. The zero-order chi connectivity index (χ0) is 27.3. The summed E-state index contributed by atoms with van der Waals surface area (Å²) in [4.78, 5) is 46.1. The van der Waals surface area contributed by atoms with Crippen molar-refractivity contribution >= 4 is 29.1 Å².